The lowest BCUT2D eigenvalue weighted by molar-refractivity contribution is -0.150. The van der Waals surface area contributed by atoms with Crippen molar-refractivity contribution in [1.82, 2.24) is 34.3 Å². The predicted octanol–water partition coefficient (Wildman–Crippen LogP) is -1.23. The van der Waals surface area contributed by atoms with Crippen LogP contribution in [0.25, 0.3) is 11.2 Å². The summed E-state index contributed by atoms with van der Waals surface area (Å²) in [6, 6.07) is 5.80. The van der Waals surface area contributed by atoms with Gasteiger partial charge in [0.2, 0.25) is 0 Å². The number of aliphatic hydroxyl groups excluding tert-OH is 2. The monoisotopic (exact) mass is 440 g/mol. The number of anilines is 1. The first-order valence-corrected chi connectivity index (χ1v) is 10.4. The molecule has 0 saturated carbocycles. The minimum Gasteiger partial charge on any atom is -0.387 e. The van der Waals surface area contributed by atoms with E-state index in [1.807, 2.05) is 18.2 Å². The maximum Gasteiger partial charge on any atom is 0.254 e. The predicted molar refractivity (Wildman–Crippen MR) is 112 cm³/mol. The minimum absolute atomic E-state index is 0.193. The number of ether oxygens (including phenoxy) is 1. The molecule has 5 heterocycles. The van der Waals surface area contributed by atoms with Crippen molar-refractivity contribution >= 4 is 22.9 Å². The molecule has 0 aromatic carbocycles. The molecule has 1 amide bonds. The summed E-state index contributed by atoms with van der Waals surface area (Å²) < 4.78 is 7.28. The van der Waals surface area contributed by atoms with Gasteiger partial charge in [-0.25, -0.2) is 15.0 Å². The molecular weight excluding hydrogens is 416 g/mol. The van der Waals surface area contributed by atoms with Crippen LogP contribution in [0, 0.1) is 0 Å². The fourth-order valence-electron chi connectivity index (χ4n) is 4.18. The van der Waals surface area contributed by atoms with Crippen LogP contribution in [0.1, 0.15) is 11.9 Å². The molecule has 0 aliphatic carbocycles. The number of nitrogens with zero attached hydrogens (tertiary/aromatic N) is 7. The van der Waals surface area contributed by atoms with E-state index in [-0.39, 0.29) is 11.7 Å². The number of nitrogens with two attached hydrogens (primary N) is 1. The van der Waals surface area contributed by atoms with Crippen LogP contribution in [0.2, 0.25) is 0 Å². The van der Waals surface area contributed by atoms with Crippen LogP contribution in [0.5, 0.6) is 0 Å². The van der Waals surface area contributed by atoms with Gasteiger partial charge in [-0.3, -0.25) is 19.2 Å². The average molecular weight is 440 g/mol. The van der Waals surface area contributed by atoms with E-state index in [1.54, 1.807) is 11.1 Å². The Morgan fingerprint density at radius 3 is 2.66 bits per heavy atom. The number of aliphatic hydroxyl groups is 2. The van der Waals surface area contributed by atoms with Crippen LogP contribution < -0.4 is 5.73 Å². The van der Waals surface area contributed by atoms with Crippen LogP contribution in [0.15, 0.2) is 37.1 Å². The molecule has 168 valence electrons. The number of hydrogen-bond acceptors (Lipinski definition) is 10. The Morgan fingerprint density at radius 1 is 1.09 bits per heavy atom. The smallest absolute Gasteiger partial charge is 0.254 e. The van der Waals surface area contributed by atoms with E-state index in [0.717, 1.165) is 5.69 Å². The normalized spacial score (nSPS) is 26.6. The van der Waals surface area contributed by atoms with Crippen molar-refractivity contribution in [2.75, 3.05) is 31.9 Å². The lowest BCUT2D eigenvalue weighted by Gasteiger charge is -2.35. The Morgan fingerprint density at radius 2 is 1.91 bits per heavy atom. The number of imidazole rings is 1. The SMILES string of the molecule is Nc1ncnc2c1ncn2[C@@H]1O[C@H](C(=O)N2CCN(Cc3ccccn3)CC2)[C@@H](O)[C@H]1O. The Labute approximate surface area is 183 Å². The van der Waals surface area contributed by atoms with Gasteiger partial charge in [-0.05, 0) is 12.1 Å². The summed E-state index contributed by atoms with van der Waals surface area (Å²) in [5.74, 6) is -0.159. The molecule has 2 aliphatic rings. The standard InChI is InChI=1S/C20H24N8O4/c21-17-13-18(24-10-23-17)28(11-25-13)20-15(30)14(29)16(32-20)19(31)27-7-5-26(6-8-27)9-12-3-1-2-4-22-12/h1-4,10-11,14-16,20,29-30H,5-9H2,(H2,21,23,24)/t14-,15+,16-,20+/m0/s1. The lowest BCUT2D eigenvalue weighted by Crippen LogP contribution is -2.53. The quantitative estimate of drug-likeness (QED) is 0.449. The molecule has 4 atom stereocenters. The highest BCUT2D eigenvalue weighted by Crippen LogP contribution is 2.33. The van der Waals surface area contributed by atoms with Crippen molar-refractivity contribution in [2.24, 2.45) is 0 Å². The number of pyridine rings is 1. The first-order chi connectivity index (χ1) is 15.5. The third-order valence-electron chi connectivity index (χ3n) is 5.94. The van der Waals surface area contributed by atoms with Gasteiger partial charge in [-0.1, -0.05) is 6.07 Å². The topological polar surface area (TPSA) is 156 Å². The second-order valence-electron chi connectivity index (χ2n) is 7.93. The minimum atomic E-state index is -1.38. The molecule has 4 N–H and O–H groups in total. The molecule has 12 heteroatoms. The number of nitrogen functional groups attached to an aromatic ring is 1. The van der Waals surface area contributed by atoms with Crippen LogP contribution in [-0.2, 0) is 16.1 Å². The third kappa shape index (κ3) is 3.66. The average Bonchev–Trinajstić information content (AvgIpc) is 3.37. The molecule has 5 rings (SSSR count). The summed E-state index contributed by atoms with van der Waals surface area (Å²) in [6.07, 6.45) is -0.476. The first-order valence-electron chi connectivity index (χ1n) is 10.4. The zero-order chi connectivity index (χ0) is 22.2. The first kappa shape index (κ1) is 20.7. The van der Waals surface area contributed by atoms with Crippen LogP contribution >= 0.6 is 0 Å². The number of carbonyl (C=O) groups is 1. The summed E-state index contributed by atoms with van der Waals surface area (Å²) in [6.45, 7) is 3.07. The number of aromatic nitrogens is 5. The molecule has 3 aromatic heterocycles. The van der Waals surface area contributed by atoms with E-state index in [9.17, 15) is 15.0 Å². The number of fused-ring (bicyclic) bond motifs is 1. The number of amides is 1. The van der Waals surface area contributed by atoms with E-state index in [0.29, 0.717) is 43.9 Å². The van der Waals surface area contributed by atoms with Gasteiger partial charge < -0.3 is 25.6 Å². The summed E-state index contributed by atoms with van der Waals surface area (Å²) in [5, 5.41) is 21.2. The summed E-state index contributed by atoms with van der Waals surface area (Å²) in [7, 11) is 0. The molecular formula is C20H24N8O4. The van der Waals surface area contributed by atoms with Crippen molar-refractivity contribution in [3.63, 3.8) is 0 Å². The molecule has 0 unspecified atom stereocenters. The van der Waals surface area contributed by atoms with E-state index in [1.165, 1.54) is 17.2 Å². The Bertz CT molecular complexity index is 1100. The number of piperazine rings is 1. The van der Waals surface area contributed by atoms with Gasteiger partial charge >= 0.3 is 0 Å². The second-order valence-corrected chi connectivity index (χ2v) is 7.93. The number of hydrogen-bond donors (Lipinski definition) is 3. The highest BCUT2D eigenvalue weighted by molar-refractivity contribution is 5.83. The van der Waals surface area contributed by atoms with E-state index in [4.69, 9.17) is 10.5 Å². The van der Waals surface area contributed by atoms with Gasteiger partial charge in [0, 0.05) is 38.9 Å². The maximum absolute atomic E-state index is 13.1. The largest absolute Gasteiger partial charge is 0.387 e. The van der Waals surface area contributed by atoms with Crippen LogP contribution in [-0.4, -0.2) is 94.9 Å². The number of carbonyl (C=O) groups excluding carboxylic acids is 1. The summed E-state index contributed by atoms with van der Waals surface area (Å²) >= 11 is 0. The second kappa shape index (κ2) is 8.39. The Balaban J connectivity index is 1.25. The van der Waals surface area contributed by atoms with E-state index >= 15 is 0 Å². The summed E-state index contributed by atoms with van der Waals surface area (Å²) in [5.41, 5.74) is 7.50. The molecule has 0 radical (unpaired) electrons. The van der Waals surface area contributed by atoms with Crippen LogP contribution in [0.4, 0.5) is 5.82 Å². The zero-order valence-corrected chi connectivity index (χ0v) is 17.2. The van der Waals surface area contributed by atoms with Crippen molar-refractivity contribution in [1.29, 1.82) is 0 Å². The third-order valence-corrected chi connectivity index (χ3v) is 5.94. The Hall–Kier alpha value is -3.19. The molecule has 2 saturated heterocycles. The van der Waals surface area contributed by atoms with Gasteiger partial charge in [0.1, 0.15) is 24.1 Å². The maximum atomic E-state index is 13.1. The van der Waals surface area contributed by atoms with E-state index < -0.39 is 24.5 Å². The van der Waals surface area contributed by atoms with Gasteiger partial charge in [0.15, 0.2) is 23.8 Å². The Kier molecular flexibility index (Phi) is 5.43. The van der Waals surface area contributed by atoms with Crippen molar-refractivity contribution < 1.29 is 19.7 Å². The summed E-state index contributed by atoms with van der Waals surface area (Å²) in [4.78, 5) is 33.5. The molecule has 2 aliphatic heterocycles. The fourth-order valence-corrected chi connectivity index (χ4v) is 4.18. The molecule has 3 aromatic rings. The molecule has 0 spiro atoms. The lowest BCUT2D eigenvalue weighted by atomic mass is 10.1. The van der Waals surface area contributed by atoms with E-state index in [2.05, 4.69) is 24.8 Å². The molecule has 2 fully saturated rings. The molecule has 0 bridgehead atoms. The van der Waals surface area contributed by atoms with Gasteiger partial charge in [-0.15, -0.1) is 0 Å². The fraction of sp³-hybridized carbons (Fsp3) is 0.450. The molecule has 32 heavy (non-hydrogen) atoms. The van der Waals surface area contributed by atoms with Gasteiger partial charge in [-0.2, -0.15) is 0 Å². The van der Waals surface area contributed by atoms with Crippen molar-refractivity contribution in [3.8, 4) is 0 Å². The highest BCUT2D eigenvalue weighted by atomic mass is 16.6. The van der Waals surface area contributed by atoms with Crippen LogP contribution in [0.3, 0.4) is 0 Å². The zero-order valence-electron chi connectivity index (χ0n) is 17.2. The van der Waals surface area contributed by atoms with Crippen molar-refractivity contribution in [2.45, 2.75) is 31.1 Å². The molecule has 12 nitrogen and oxygen atoms in total. The number of rotatable bonds is 4. The highest BCUT2D eigenvalue weighted by Gasteiger charge is 2.49. The van der Waals surface area contributed by atoms with Crippen molar-refractivity contribution in [3.05, 3.63) is 42.7 Å². The van der Waals surface area contributed by atoms with Gasteiger partial charge in [0.05, 0.1) is 12.0 Å². The van der Waals surface area contributed by atoms with Gasteiger partial charge in [0.25, 0.3) is 5.91 Å².